The number of hydrogen-bond acceptors (Lipinski definition) is 6. The molecule has 0 spiro atoms. The summed E-state index contributed by atoms with van der Waals surface area (Å²) in [5.41, 5.74) is 20.3. The van der Waals surface area contributed by atoms with Crippen LogP contribution in [0.15, 0.2) is 70.0 Å². The summed E-state index contributed by atoms with van der Waals surface area (Å²) in [6.07, 6.45) is 19.4. The molecule has 0 aromatic rings. The predicted molar refractivity (Wildman–Crippen MR) is 211 cm³/mol. The fourth-order valence-electron chi connectivity index (χ4n) is 11.4. The number of nitrogens with two attached hydrogens (primary N) is 2. The first-order chi connectivity index (χ1) is 25.3. The van der Waals surface area contributed by atoms with Crippen LogP contribution in [-0.2, 0) is 19.1 Å². The third-order valence-electron chi connectivity index (χ3n) is 14.7. The maximum absolute atomic E-state index is 15.1. The van der Waals surface area contributed by atoms with E-state index in [-0.39, 0.29) is 65.5 Å². The highest BCUT2D eigenvalue weighted by Crippen LogP contribution is 2.55. The lowest BCUT2D eigenvalue weighted by molar-refractivity contribution is -0.136. The van der Waals surface area contributed by atoms with Gasteiger partial charge in [-0.2, -0.15) is 0 Å². The molecule has 4 saturated heterocycles. The second kappa shape index (κ2) is 14.9. The highest BCUT2D eigenvalue weighted by molar-refractivity contribution is 5.98. The maximum Gasteiger partial charge on any atom is 0.251 e. The van der Waals surface area contributed by atoms with Crippen LogP contribution in [0.3, 0.4) is 0 Å². The van der Waals surface area contributed by atoms with Crippen LogP contribution >= 0.6 is 0 Å². The average Bonchev–Trinajstić information content (AvgIpc) is 3.41. The molecule has 8 heteroatoms. The molecule has 11 unspecified atom stereocenters. The molecule has 7 rings (SSSR count). The molecule has 0 radical (unpaired) electrons. The Bertz CT molecular complexity index is 1640. The number of carbonyl (C=O) groups is 2. The van der Waals surface area contributed by atoms with Gasteiger partial charge >= 0.3 is 0 Å². The number of hydrogen-bond donors (Lipinski definition) is 3. The van der Waals surface area contributed by atoms with E-state index in [4.69, 9.17) is 20.9 Å². The second-order valence-electron chi connectivity index (χ2n) is 18.0. The molecule has 0 aromatic carbocycles. The van der Waals surface area contributed by atoms with Gasteiger partial charge in [0.2, 0.25) is 5.91 Å². The summed E-state index contributed by atoms with van der Waals surface area (Å²) in [5.74, 6) is 1.10. The van der Waals surface area contributed by atoms with E-state index in [1.54, 1.807) is 7.05 Å². The minimum absolute atomic E-state index is 0.00816. The molecule has 288 valence electrons. The van der Waals surface area contributed by atoms with Crippen molar-refractivity contribution in [2.45, 2.75) is 122 Å². The van der Waals surface area contributed by atoms with E-state index in [9.17, 15) is 4.79 Å². The number of fused-ring (bicyclic) bond motifs is 3. The monoisotopic (exact) mass is 726 g/mol. The van der Waals surface area contributed by atoms with Gasteiger partial charge in [0, 0.05) is 80.2 Å². The summed E-state index contributed by atoms with van der Waals surface area (Å²) in [5, 5.41) is 2.86. The summed E-state index contributed by atoms with van der Waals surface area (Å²) in [7, 11) is 1.69. The molecular weight excluding hydrogens is 661 g/mol. The molecule has 53 heavy (non-hydrogen) atoms. The molecule has 0 aromatic heterocycles. The molecule has 2 amide bonds. The molecule has 8 nitrogen and oxygen atoms in total. The van der Waals surface area contributed by atoms with Crippen molar-refractivity contribution >= 4 is 11.8 Å². The molecule has 11 atom stereocenters. The number of amides is 2. The lowest BCUT2D eigenvalue weighted by Gasteiger charge is -2.48. The zero-order valence-corrected chi connectivity index (χ0v) is 33.1. The smallest absolute Gasteiger partial charge is 0.251 e. The van der Waals surface area contributed by atoms with Crippen molar-refractivity contribution in [1.29, 1.82) is 0 Å². The van der Waals surface area contributed by atoms with Gasteiger partial charge < -0.3 is 25.4 Å². The zero-order chi connectivity index (χ0) is 37.8. The van der Waals surface area contributed by atoms with Gasteiger partial charge in [-0.1, -0.05) is 26.0 Å². The molecule has 2 bridgehead atoms. The van der Waals surface area contributed by atoms with Gasteiger partial charge in [-0.05, 0) is 130 Å². The Labute approximate surface area is 318 Å². The third-order valence-corrected chi connectivity index (χ3v) is 14.7. The van der Waals surface area contributed by atoms with Gasteiger partial charge in [-0.25, -0.2) is 0 Å². The summed E-state index contributed by atoms with van der Waals surface area (Å²) >= 11 is 0. The fraction of sp³-hybridized carbons (Fsp3) is 0.667. The molecule has 4 aliphatic heterocycles. The maximum atomic E-state index is 15.1. The first kappa shape index (κ1) is 38.2. The van der Waals surface area contributed by atoms with Crippen LogP contribution in [-0.4, -0.2) is 66.8 Å². The summed E-state index contributed by atoms with van der Waals surface area (Å²) in [6.45, 7) is 19.7. The quantitative estimate of drug-likeness (QED) is 0.177. The number of nitrogens with one attached hydrogen (secondary N) is 1. The van der Waals surface area contributed by atoms with E-state index in [0.29, 0.717) is 17.5 Å². The van der Waals surface area contributed by atoms with Gasteiger partial charge in [0.05, 0.1) is 18.6 Å². The van der Waals surface area contributed by atoms with Crippen molar-refractivity contribution < 1.29 is 19.1 Å². The van der Waals surface area contributed by atoms with Crippen molar-refractivity contribution in [3.8, 4) is 0 Å². The van der Waals surface area contributed by atoms with Crippen LogP contribution in [0.25, 0.3) is 0 Å². The number of allylic oxidation sites excluding steroid dienone is 7. The zero-order valence-electron chi connectivity index (χ0n) is 33.1. The van der Waals surface area contributed by atoms with E-state index < -0.39 is 5.54 Å². The van der Waals surface area contributed by atoms with E-state index in [2.05, 4.69) is 68.8 Å². The highest BCUT2D eigenvalue weighted by Gasteiger charge is 2.55. The summed E-state index contributed by atoms with van der Waals surface area (Å²) in [4.78, 5) is 30.5. The average molecular weight is 726 g/mol. The van der Waals surface area contributed by atoms with Gasteiger partial charge in [-0.15, -0.1) is 6.58 Å². The van der Waals surface area contributed by atoms with Crippen molar-refractivity contribution in [2.24, 2.45) is 52.9 Å². The molecule has 3 aliphatic carbocycles. The Morgan fingerprint density at radius 1 is 1.17 bits per heavy atom. The number of carbonyl (C=O) groups excluding carboxylic acids is 2. The van der Waals surface area contributed by atoms with Crippen LogP contribution in [0.5, 0.6) is 0 Å². The Hall–Kier alpha value is -3.07. The van der Waals surface area contributed by atoms with Gasteiger partial charge in [0.15, 0.2) is 5.54 Å². The van der Waals surface area contributed by atoms with E-state index in [1.807, 2.05) is 6.92 Å². The Morgan fingerprint density at radius 2 is 1.96 bits per heavy atom. The van der Waals surface area contributed by atoms with Crippen LogP contribution in [0.1, 0.15) is 98.3 Å². The minimum Gasteiger partial charge on any atom is -0.402 e. The topological polar surface area (TPSA) is 120 Å². The normalized spacial score (nSPS) is 37.4. The van der Waals surface area contributed by atoms with Gasteiger partial charge in [0.1, 0.15) is 0 Å². The standard InChI is InChI=1S/C45H64N4O4/c1-8-45-15-13-32(20-31(25-45)29-11-9-16-52-18-14-29)49(45)43(51)36-22-37-34(28(36)4)23-39(46)38(24-40(50)48-7)41(37)35-21-30(19-26(2)44(5,6)47)42-33(27(35)3)12-10-17-53-42/h8,21-23,26,28-32,38,41-42H,1,5,9-20,24-25,47H2,2-4,6-7H3,(H2-,46,48,50,51)/p+1. The third kappa shape index (κ3) is 6.90. The predicted octanol–water partition coefficient (Wildman–Crippen LogP) is 6.86. The number of rotatable bonds is 9. The lowest BCUT2D eigenvalue weighted by atomic mass is 9.65. The number of nitrogens with zero attached hydrogens (tertiary/aromatic N) is 1. The first-order valence-corrected chi connectivity index (χ1v) is 20.6. The van der Waals surface area contributed by atoms with E-state index in [1.165, 1.54) is 23.1 Å². The van der Waals surface area contributed by atoms with E-state index in [0.717, 1.165) is 94.3 Å². The highest BCUT2D eigenvalue weighted by atomic mass is 16.5. The van der Waals surface area contributed by atoms with Crippen LogP contribution in [0, 0.1) is 48.3 Å². The first-order valence-electron chi connectivity index (χ1n) is 20.6. The Kier molecular flexibility index (Phi) is 10.7. The van der Waals surface area contributed by atoms with Crippen LogP contribution in [0.2, 0.25) is 0 Å². The molecule has 5 N–H and O–H groups in total. The van der Waals surface area contributed by atoms with E-state index >= 15 is 4.79 Å². The minimum atomic E-state index is -0.575. The Balaban J connectivity index is 1.26. The number of piperidine rings is 1. The molecule has 0 saturated carbocycles. The SMILES string of the molecule is C=CC12CCC(CC(C3CCCOCC3)C1)N2C(=O)C1=CC2=C(C=C(N)C(CC(=O)NC)C2C2=CC(CC(C)C([CH2+])(C)N)C3OCCCC3=C2C)C1C. The second-order valence-corrected chi connectivity index (χ2v) is 18.0. The van der Waals surface area contributed by atoms with Crippen LogP contribution < -0.4 is 16.8 Å². The van der Waals surface area contributed by atoms with Crippen molar-refractivity contribution in [2.75, 3.05) is 26.9 Å². The van der Waals surface area contributed by atoms with Gasteiger partial charge in [-0.3, -0.25) is 15.3 Å². The largest absolute Gasteiger partial charge is 0.402 e. The molecular formula is C45H65N4O4+. The van der Waals surface area contributed by atoms with Crippen molar-refractivity contribution in [1.82, 2.24) is 10.2 Å². The molecule has 4 fully saturated rings. The van der Waals surface area contributed by atoms with Crippen LogP contribution in [0.4, 0.5) is 0 Å². The molecule has 7 aliphatic rings. The fourth-order valence-corrected chi connectivity index (χ4v) is 11.4. The van der Waals surface area contributed by atoms with Crippen molar-refractivity contribution in [3.63, 3.8) is 0 Å². The summed E-state index contributed by atoms with van der Waals surface area (Å²) in [6, 6.07) is 0.215. The van der Waals surface area contributed by atoms with Gasteiger partial charge in [0.25, 0.3) is 5.91 Å². The summed E-state index contributed by atoms with van der Waals surface area (Å²) < 4.78 is 12.3. The Morgan fingerprint density at radius 3 is 2.70 bits per heavy atom. The number of ether oxygens (including phenoxy) is 2. The lowest BCUT2D eigenvalue weighted by Crippen LogP contribution is -2.55. The van der Waals surface area contributed by atoms with Crippen molar-refractivity contribution in [3.05, 3.63) is 76.9 Å². The molecule has 4 heterocycles.